The van der Waals surface area contributed by atoms with E-state index in [4.69, 9.17) is 4.74 Å². The first-order valence-electron chi connectivity index (χ1n) is 14.3. The standard InChI is InChI=1S/C32H33F3N2O6S/c1-44(40,41)27-17-12-16-26-28(27)30(38)29(36-37(26)24-18-20-25(21-19-24)43-32(33,34)35)31(39)42-22-11-6-4-2-3-5-8-13-23-14-9-7-10-15-23/h7,9-10,12,14-21H,2-6,8,11,13,22H2,1H3. The Kier molecular flexibility index (Phi) is 10.8. The molecule has 0 aliphatic heterocycles. The highest BCUT2D eigenvalue weighted by atomic mass is 32.2. The van der Waals surface area contributed by atoms with Gasteiger partial charge in [-0.25, -0.2) is 17.9 Å². The third kappa shape index (κ3) is 8.91. The number of rotatable bonds is 14. The molecule has 1 aromatic heterocycles. The second-order valence-electron chi connectivity index (χ2n) is 10.4. The third-order valence-electron chi connectivity index (χ3n) is 6.97. The van der Waals surface area contributed by atoms with E-state index in [-0.39, 0.29) is 28.1 Å². The number of carbonyl (C=O) groups is 1. The maximum absolute atomic E-state index is 13.4. The van der Waals surface area contributed by atoms with Crippen LogP contribution in [0.15, 0.2) is 82.5 Å². The summed E-state index contributed by atoms with van der Waals surface area (Å²) in [7, 11) is -3.91. The van der Waals surface area contributed by atoms with Crippen molar-refractivity contribution in [2.45, 2.75) is 62.6 Å². The maximum Gasteiger partial charge on any atom is 0.573 e. The summed E-state index contributed by atoms with van der Waals surface area (Å²) in [5.41, 5.74) is -0.0175. The van der Waals surface area contributed by atoms with Crippen molar-refractivity contribution in [3.05, 3.63) is 94.3 Å². The number of hydrogen-bond acceptors (Lipinski definition) is 7. The number of ether oxygens (including phenoxy) is 2. The van der Waals surface area contributed by atoms with Crippen molar-refractivity contribution >= 4 is 26.7 Å². The number of aromatic nitrogens is 2. The van der Waals surface area contributed by atoms with E-state index in [1.807, 2.05) is 18.2 Å². The Bertz CT molecular complexity index is 1740. The Hall–Kier alpha value is -4.19. The van der Waals surface area contributed by atoms with Gasteiger partial charge in [-0.1, -0.05) is 68.5 Å². The van der Waals surface area contributed by atoms with Crippen LogP contribution in [0.3, 0.4) is 0 Å². The number of sulfone groups is 1. The van der Waals surface area contributed by atoms with Gasteiger partial charge in [0.15, 0.2) is 9.84 Å². The lowest BCUT2D eigenvalue weighted by Gasteiger charge is -2.15. The topological polar surface area (TPSA) is 105 Å². The highest BCUT2D eigenvalue weighted by Gasteiger charge is 2.31. The molecule has 44 heavy (non-hydrogen) atoms. The molecule has 234 valence electrons. The van der Waals surface area contributed by atoms with E-state index in [2.05, 4.69) is 22.0 Å². The van der Waals surface area contributed by atoms with Crippen molar-refractivity contribution in [3.8, 4) is 11.4 Å². The Labute approximate surface area is 253 Å². The molecule has 0 saturated heterocycles. The average molecular weight is 631 g/mol. The van der Waals surface area contributed by atoms with E-state index in [9.17, 15) is 31.2 Å². The lowest BCUT2D eigenvalue weighted by molar-refractivity contribution is -0.274. The number of hydrogen-bond donors (Lipinski definition) is 0. The van der Waals surface area contributed by atoms with Gasteiger partial charge in [0.1, 0.15) is 5.75 Å². The van der Waals surface area contributed by atoms with Crippen molar-refractivity contribution in [2.24, 2.45) is 0 Å². The van der Waals surface area contributed by atoms with E-state index < -0.39 is 39.0 Å². The molecule has 4 aromatic rings. The summed E-state index contributed by atoms with van der Waals surface area (Å²) in [6, 6.07) is 19.0. The maximum atomic E-state index is 13.4. The Morgan fingerprint density at radius 1 is 0.841 bits per heavy atom. The molecule has 8 nitrogen and oxygen atoms in total. The summed E-state index contributed by atoms with van der Waals surface area (Å²) < 4.78 is 73.3. The fraction of sp³-hybridized carbons (Fsp3) is 0.344. The molecular formula is C32H33F3N2O6S. The third-order valence-corrected chi connectivity index (χ3v) is 8.11. The molecule has 0 saturated carbocycles. The number of nitrogens with zero attached hydrogens (tertiary/aromatic N) is 2. The van der Waals surface area contributed by atoms with Crippen LogP contribution in [-0.2, 0) is 21.0 Å². The molecule has 0 unspecified atom stereocenters. The highest BCUT2D eigenvalue weighted by Crippen LogP contribution is 2.26. The molecule has 3 aromatic carbocycles. The molecule has 0 amide bonds. The zero-order valence-electron chi connectivity index (χ0n) is 24.2. The van der Waals surface area contributed by atoms with Gasteiger partial charge >= 0.3 is 12.3 Å². The van der Waals surface area contributed by atoms with Crippen molar-refractivity contribution in [1.82, 2.24) is 9.78 Å². The fourth-order valence-corrected chi connectivity index (χ4v) is 5.76. The second kappa shape index (κ2) is 14.5. The van der Waals surface area contributed by atoms with Gasteiger partial charge in [0.2, 0.25) is 11.1 Å². The normalized spacial score (nSPS) is 11.9. The van der Waals surface area contributed by atoms with Crippen LogP contribution < -0.4 is 10.2 Å². The summed E-state index contributed by atoms with van der Waals surface area (Å²) >= 11 is 0. The quantitative estimate of drug-likeness (QED) is 0.111. The summed E-state index contributed by atoms with van der Waals surface area (Å²) in [6.07, 6.45) is 3.89. The van der Waals surface area contributed by atoms with Gasteiger partial charge in [-0.15, -0.1) is 13.2 Å². The number of carbonyl (C=O) groups excluding carboxylic acids is 1. The molecule has 1 heterocycles. The van der Waals surface area contributed by atoms with Gasteiger partial charge in [-0.3, -0.25) is 4.79 Å². The van der Waals surface area contributed by atoms with E-state index in [1.54, 1.807) is 0 Å². The minimum Gasteiger partial charge on any atom is -0.461 e. The van der Waals surface area contributed by atoms with E-state index in [1.165, 1.54) is 35.9 Å². The van der Waals surface area contributed by atoms with Crippen molar-refractivity contribution < 1.29 is 35.9 Å². The lowest BCUT2D eigenvalue weighted by Crippen LogP contribution is -2.25. The van der Waals surface area contributed by atoms with E-state index in [0.717, 1.165) is 68.0 Å². The van der Waals surface area contributed by atoms with E-state index >= 15 is 0 Å². The van der Waals surface area contributed by atoms with Crippen LogP contribution in [0.4, 0.5) is 13.2 Å². The minimum atomic E-state index is -4.90. The summed E-state index contributed by atoms with van der Waals surface area (Å²) in [4.78, 5) is 26.1. The van der Waals surface area contributed by atoms with Gasteiger partial charge in [0.05, 0.1) is 28.1 Å². The molecule has 4 rings (SSSR count). The molecule has 0 radical (unpaired) electrons. The number of benzene rings is 3. The van der Waals surface area contributed by atoms with Gasteiger partial charge in [-0.2, -0.15) is 5.10 Å². The molecule has 0 fully saturated rings. The van der Waals surface area contributed by atoms with Crippen LogP contribution in [0.2, 0.25) is 0 Å². The first kappa shape index (κ1) is 32.7. The number of aryl methyl sites for hydroxylation is 1. The largest absolute Gasteiger partial charge is 0.573 e. The summed E-state index contributed by atoms with van der Waals surface area (Å²) in [5, 5.41) is 3.87. The lowest BCUT2D eigenvalue weighted by atomic mass is 10.0. The molecule has 12 heteroatoms. The predicted molar refractivity (Wildman–Crippen MR) is 160 cm³/mol. The van der Waals surface area contributed by atoms with Crippen LogP contribution in [0, 0.1) is 0 Å². The van der Waals surface area contributed by atoms with E-state index in [0.29, 0.717) is 6.42 Å². The van der Waals surface area contributed by atoms with Crippen LogP contribution in [0.5, 0.6) is 5.75 Å². The first-order chi connectivity index (χ1) is 20.9. The summed E-state index contributed by atoms with van der Waals surface area (Å²) in [5.74, 6) is -1.51. The molecule has 0 aliphatic carbocycles. The second-order valence-corrected chi connectivity index (χ2v) is 12.4. The van der Waals surface area contributed by atoms with Crippen LogP contribution in [0.25, 0.3) is 16.6 Å². The summed E-state index contributed by atoms with van der Waals surface area (Å²) in [6.45, 7) is 0.0448. The first-order valence-corrected chi connectivity index (χ1v) is 16.2. The molecule has 0 atom stereocenters. The molecule has 0 spiro atoms. The van der Waals surface area contributed by atoms with Gasteiger partial charge in [0, 0.05) is 6.26 Å². The zero-order chi connectivity index (χ0) is 31.7. The van der Waals surface area contributed by atoms with Crippen molar-refractivity contribution in [2.75, 3.05) is 12.9 Å². The molecule has 0 bridgehead atoms. The Morgan fingerprint density at radius 3 is 2.11 bits per heavy atom. The number of unbranched alkanes of at least 4 members (excludes halogenated alkanes) is 6. The SMILES string of the molecule is CS(=O)(=O)c1cccc2c1c(=O)c(C(=O)OCCCCCCCCCc1ccccc1)nn2-c1ccc(OC(F)(F)F)cc1. The Balaban J connectivity index is 1.43. The van der Waals surface area contributed by atoms with Crippen LogP contribution in [0.1, 0.15) is 61.0 Å². The van der Waals surface area contributed by atoms with Crippen molar-refractivity contribution in [3.63, 3.8) is 0 Å². The molecular weight excluding hydrogens is 597 g/mol. The number of esters is 1. The molecule has 0 N–H and O–H groups in total. The number of fused-ring (bicyclic) bond motifs is 1. The zero-order valence-corrected chi connectivity index (χ0v) is 25.0. The molecule has 0 aliphatic rings. The predicted octanol–water partition coefficient (Wildman–Crippen LogP) is 6.82. The number of halogens is 3. The Morgan fingerprint density at radius 2 is 1.48 bits per heavy atom. The fourth-order valence-electron chi connectivity index (χ4n) is 4.86. The average Bonchev–Trinajstić information content (AvgIpc) is 2.98. The van der Waals surface area contributed by atoms with Crippen LogP contribution in [-0.4, -0.2) is 43.4 Å². The monoisotopic (exact) mass is 630 g/mol. The highest BCUT2D eigenvalue weighted by molar-refractivity contribution is 7.91. The smallest absolute Gasteiger partial charge is 0.461 e. The van der Waals surface area contributed by atoms with Crippen LogP contribution >= 0.6 is 0 Å². The van der Waals surface area contributed by atoms with Gasteiger partial charge < -0.3 is 9.47 Å². The van der Waals surface area contributed by atoms with Crippen molar-refractivity contribution in [1.29, 1.82) is 0 Å². The van der Waals surface area contributed by atoms with Gasteiger partial charge in [0.25, 0.3) is 0 Å². The minimum absolute atomic E-state index is 0.0442. The van der Waals surface area contributed by atoms with Gasteiger partial charge in [-0.05, 0) is 61.2 Å². The number of alkyl halides is 3.